The fourth-order valence-corrected chi connectivity index (χ4v) is 3.10. The molecule has 0 spiro atoms. The Kier molecular flexibility index (Phi) is 6.83. The molecule has 0 amide bonds. The van der Waals surface area contributed by atoms with Crippen LogP contribution in [-0.4, -0.2) is 43.4 Å². The molecule has 92 valence electrons. The average Bonchev–Trinajstić information content (AvgIpc) is 2.12. The Bertz CT molecular complexity index is 263. The van der Waals surface area contributed by atoms with Crippen molar-refractivity contribution in [2.24, 2.45) is 0 Å². The van der Waals surface area contributed by atoms with Crippen LogP contribution in [0.5, 0.6) is 0 Å². The first-order valence-corrected chi connectivity index (χ1v) is 8.06. The van der Waals surface area contributed by atoms with Gasteiger partial charge in [-0.1, -0.05) is 13.3 Å². The zero-order valence-corrected chi connectivity index (χ0v) is 11.2. The summed E-state index contributed by atoms with van der Waals surface area (Å²) in [4.78, 5) is 0. The van der Waals surface area contributed by atoms with Gasteiger partial charge in [0.25, 0.3) is 0 Å². The van der Waals surface area contributed by atoms with E-state index in [4.69, 9.17) is 0 Å². The first-order chi connectivity index (χ1) is 6.83. The van der Waals surface area contributed by atoms with Crippen molar-refractivity contribution in [3.8, 4) is 0 Å². The molecule has 0 radical (unpaired) electrons. The molecule has 1 atom stereocenters. The van der Waals surface area contributed by atoms with E-state index in [0.717, 1.165) is 6.42 Å². The second kappa shape index (κ2) is 6.73. The smallest absolute Gasteiger partial charge is 0.211 e. The van der Waals surface area contributed by atoms with E-state index in [1.165, 1.54) is 11.8 Å². The molecule has 0 aromatic heterocycles. The summed E-state index contributed by atoms with van der Waals surface area (Å²) in [5.74, 6) is 0.655. The lowest BCUT2D eigenvalue weighted by molar-refractivity contribution is 0.0908. The third kappa shape index (κ3) is 8.07. The molecule has 0 aliphatic rings. The van der Waals surface area contributed by atoms with Crippen LogP contribution in [0.25, 0.3) is 0 Å². The summed E-state index contributed by atoms with van der Waals surface area (Å²) < 4.78 is 25.3. The van der Waals surface area contributed by atoms with Gasteiger partial charge in [-0.25, -0.2) is 13.1 Å². The van der Waals surface area contributed by atoms with Crippen LogP contribution in [0, 0.1) is 0 Å². The molecular formula is C9H21NO3S2. The van der Waals surface area contributed by atoms with Gasteiger partial charge in [0.2, 0.25) is 10.0 Å². The maximum atomic E-state index is 11.4. The summed E-state index contributed by atoms with van der Waals surface area (Å²) in [7, 11) is -3.21. The van der Waals surface area contributed by atoms with Crippen LogP contribution in [0.4, 0.5) is 0 Å². The summed E-state index contributed by atoms with van der Waals surface area (Å²) in [6.45, 7) is 3.66. The Morgan fingerprint density at radius 3 is 2.53 bits per heavy atom. The van der Waals surface area contributed by atoms with Crippen LogP contribution in [-0.2, 0) is 10.0 Å². The molecule has 0 fully saturated rings. The maximum absolute atomic E-state index is 11.4. The van der Waals surface area contributed by atoms with Crippen molar-refractivity contribution in [1.29, 1.82) is 0 Å². The molecule has 0 bridgehead atoms. The lowest BCUT2D eigenvalue weighted by Gasteiger charge is -2.22. The van der Waals surface area contributed by atoms with Gasteiger partial charge >= 0.3 is 0 Å². The van der Waals surface area contributed by atoms with Crippen LogP contribution in [0.3, 0.4) is 0 Å². The molecule has 0 saturated heterocycles. The molecule has 15 heavy (non-hydrogen) atoms. The standard InChI is InChI=1S/C9H21NO3S2/c1-4-5-6-15(12,13)10-7-9(2,11)8-14-3/h10-11H,4-8H2,1-3H3. The second-order valence-corrected chi connectivity index (χ2v) is 6.72. The first-order valence-electron chi connectivity index (χ1n) is 5.01. The number of hydrogen-bond acceptors (Lipinski definition) is 4. The highest BCUT2D eigenvalue weighted by molar-refractivity contribution is 7.98. The van der Waals surface area contributed by atoms with Crippen molar-refractivity contribution >= 4 is 21.8 Å². The van der Waals surface area contributed by atoms with E-state index < -0.39 is 15.6 Å². The lowest BCUT2D eigenvalue weighted by Crippen LogP contribution is -2.43. The molecule has 0 aromatic rings. The van der Waals surface area contributed by atoms with Crippen molar-refractivity contribution < 1.29 is 13.5 Å². The SMILES string of the molecule is CCCCS(=O)(=O)NCC(C)(O)CSC. The number of nitrogens with one attached hydrogen (secondary N) is 1. The maximum Gasteiger partial charge on any atom is 0.211 e. The molecule has 6 heteroatoms. The van der Waals surface area contributed by atoms with Gasteiger partial charge in [0.05, 0.1) is 11.4 Å². The Morgan fingerprint density at radius 2 is 2.07 bits per heavy atom. The molecule has 0 aromatic carbocycles. The number of thioether (sulfide) groups is 1. The monoisotopic (exact) mass is 255 g/mol. The molecule has 0 aliphatic heterocycles. The fourth-order valence-electron chi connectivity index (χ4n) is 1.03. The van der Waals surface area contributed by atoms with Crippen LogP contribution < -0.4 is 4.72 Å². The van der Waals surface area contributed by atoms with E-state index in [9.17, 15) is 13.5 Å². The van der Waals surface area contributed by atoms with Gasteiger partial charge < -0.3 is 5.11 Å². The minimum absolute atomic E-state index is 0.0832. The number of sulfonamides is 1. The van der Waals surface area contributed by atoms with Crippen molar-refractivity contribution in [3.63, 3.8) is 0 Å². The molecule has 1 unspecified atom stereocenters. The van der Waals surface area contributed by atoms with Crippen LogP contribution >= 0.6 is 11.8 Å². The zero-order chi connectivity index (χ0) is 11.9. The van der Waals surface area contributed by atoms with E-state index >= 15 is 0 Å². The largest absolute Gasteiger partial charge is 0.388 e. The minimum Gasteiger partial charge on any atom is -0.388 e. The van der Waals surface area contributed by atoms with E-state index in [1.807, 2.05) is 13.2 Å². The average molecular weight is 255 g/mol. The number of hydrogen-bond donors (Lipinski definition) is 2. The molecule has 0 aliphatic carbocycles. The van der Waals surface area contributed by atoms with E-state index in [1.54, 1.807) is 6.92 Å². The van der Waals surface area contributed by atoms with Crippen molar-refractivity contribution in [2.45, 2.75) is 32.3 Å². The van der Waals surface area contributed by atoms with Gasteiger partial charge in [-0.15, -0.1) is 0 Å². The quantitative estimate of drug-likeness (QED) is 0.674. The third-order valence-corrected chi connectivity index (χ3v) is 4.22. The van der Waals surface area contributed by atoms with Crippen molar-refractivity contribution in [1.82, 2.24) is 4.72 Å². The fraction of sp³-hybridized carbons (Fsp3) is 1.00. The molecule has 2 N–H and O–H groups in total. The Morgan fingerprint density at radius 1 is 1.47 bits per heavy atom. The van der Waals surface area contributed by atoms with Gasteiger partial charge in [-0.05, 0) is 19.6 Å². The van der Waals surface area contributed by atoms with Crippen LogP contribution in [0.2, 0.25) is 0 Å². The van der Waals surface area contributed by atoms with E-state index in [2.05, 4.69) is 4.72 Å². The van der Waals surface area contributed by atoms with Gasteiger partial charge in [0, 0.05) is 12.3 Å². The lowest BCUT2D eigenvalue weighted by atomic mass is 10.1. The number of unbranched alkanes of at least 4 members (excludes halogenated alkanes) is 1. The predicted molar refractivity (Wildman–Crippen MR) is 65.7 cm³/mol. The Hall–Kier alpha value is 0.220. The van der Waals surface area contributed by atoms with Crippen molar-refractivity contribution in [2.75, 3.05) is 24.3 Å². The van der Waals surface area contributed by atoms with Gasteiger partial charge in [-0.3, -0.25) is 0 Å². The Labute approximate surface area is 96.9 Å². The minimum atomic E-state index is -3.21. The summed E-state index contributed by atoms with van der Waals surface area (Å²) >= 11 is 1.49. The number of rotatable bonds is 8. The third-order valence-electron chi connectivity index (χ3n) is 1.89. The highest BCUT2D eigenvalue weighted by Gasteiger charge is 2.22. The normalized spacial score (nSPS) is 16.3. The molecule has 0 rings (SSSR count). The highest BCUT2D eigenvalue weighted by Crippen LogP contribution is 2.09. The van der Waals surface area contributed by atoms with Gasteiger partial charge in [-0.2, -0.15) is 11.8 Å². The van der Waals surface area contributed by atoms with Gasteiger partial charge in [0.15, 0.2) is 0 Å². The molecule has 4 nitrogen and oxygen atoms in total. The van der Waals surface area contributed by atoms with Crippen LogP contribution in [0.15, 0.2) is 0 Å². The second-order valence-electron chi connectivity index (χ2n) is 3.92. The van der Waals surface area contributed by atoms with Crippen LogP contribution in [0.1, 0.15) is 26.7 Å². The summed E-state index contributed by atoms with van der Waals surface area (Å²) in [5, 5.41) is 9.76. The molecule has 0 saturated carbocycles. The summed E-state index contributed by atoms with van der Waals surface area (Å²) in [6, 6.07) is 0. The zero-order valence-electron chi connectivity index (χ0n) is 9.62. The Balaban J connectivity index is 4.02. The number of aliphatic hydroxyl groups is 1. The molecule has 0 heterocycles. The van der Waals surface area contributed by atoms with Crippen molar-refractivity contribution in [3.05, 3.63) is 0 Å². The molecular weight excluding hydrogens is 234 g/mol. The topological polar surface area (TPSA) is 66.4 Å². The highest BCUT2D eigenvalue weighted by atomic mass is 32.2. The summed E-state index contributed by atoms with van der Waals surface area (Å²) in [5.41, 5.74) is -0.974. The summed E-state index contributed by atoms with van der Waals surface area (Å²) in [6.07, 6.45) is 3.38. The predicted octanol–water partition coefficient (Wildman–Crippen LogP) is 0.820. The van der Waals surface area contributed by atoms with E-state index in [-0.39, 0.29) is 12.3 Å². The first kappa shape index (κ1) is 15.2. The van der Waals surface area contributed by atoms with Gasteiger partial charge in [0.1, 0.15) is 0 Å². The van der Waals surface area contributed by atoms with E-state index in [0.29, 0.717) is 12.2 Å².